The van der Waals surface area contributed by atoms with E-state index >= 15 is 0 Å². The Balaban J connectivity index is 2.11. The number of para-hydroxylation sites is 1. The number of hydrogen-bond acceptors (Lipinski definition) is 3. The second-order valence-corrected chi connectivity index (χ2v) is 5.11. The Morgan fingerprint density at radius 1 is 1.37 bits per heavy atom. The molecule has 1 aliphatic carbocycles. The quantitative estimate of drug-likeness (QED) is 0.854. The largest absolute Gasteiger partial charge is 0.379 e. The van der Waals surface area contributed by atoms with E-state index in [1.165, 1.54) is 12.8 Å². The van der Waals surface area contributed by atoms with Crippen molar-refractivity contribution < 1.29 is 9.53 Å². The molecule has 1 amide bonds. The van der Waals surface area contributed by atoms with Crippen LogP contribution in [0.25, 0.3) is 0 Å². The van der Waals surface area contributed by atoms with E-state index in [0.717, 1.165) is 24.1 Å². The van der Waals surface area contributed by atoms with Crippen molar-refractivity contribution in [3.8, 4) is 0 Å². The molecule has 1 aliphatic rings. The second-order valence-electron chi connectivity index (χ2n) is 5.11. The van der Waals surface area contributed by atoms with Crippen LogP contribution in [-0.2, 0) is 16.0 Å². The van der Waals surface area contributed by atoms with Gasteiger partial charge in [0.1, 0.15) is 0 Å². The van der Waals surface area contributed by atoms with Crippen LogP contribution in [0, 0.1) is 0 Å². The van der Waals surface area contributed by atoms with E-state index in [2.05, 4.69) is 5.32 Å². The van der Waals surface area contributed by atoms with Gasteiger partial charge in [-0.05, 0) is 24.5 Å². The number of ether oxygens (including phenoxy) is 1. The molecule has 0 aromatic heterocycles. The monoisotopic (exact) mass is 262 g/mol. The number of nitrogens with one attached hydrogen (secondary N) is 1. The first kappa shape index (κ1) is 13.9. The predicted octanol–water partition coefficient (Wildman–Crippen LogP) is 2.08. The van der Waals surface area contributed by atoms with Crippen LogP contribution < -0.4 is 11.1 Å². The maximum Gasteiger partial charge on any atom is 0.221 e. The predicted molar refractivity (Wildman–Crippen MR) is 76.0 cm³/mol. The standard InChI is InChI=1S/C15H22N2O2/c1-19-14-9-5-4-8-13(14)17-12-7-3-2-6-11(12)10-15(16)18/h2-3,6-7,13-14,17H,4-5,8-10H2,1H3,(H2,16,18). The molecule has 2 rings (SSSR count). The topological polar surface area (TPSA) is 64.3 Å². The molecule has 0 spiro atoms. The second kappa shape index (κ2) is 6.57. The molecule has 3 N–H and O–H groups in total. The summed E-state index contributed by atoms with van der Waals surface area (Å²) in [6, 6.07) is 8.15. The summed E-state index contributed by atoms with van der Waals surface area (Å²) >= 11 is 0. The molecule has 19 heavy (non-hydrogen) atoms. The highest BCUT2D eigenvalue weighted by Gasteiger charge is 2.25. The number of carbonyl (C=O) groups is 1. The maximum atomic E-state index is 11.1. The first-order valence-corrected chi connectivity index (χ1v) is 6.86. The molecule has 1 aromatic carbocycles. The van der Waals surface area contributed by atoms with Gasteiger partial charge in [0.15, 0.2) is 0 Å². The number of nitrogens with two attached hydrogens (primary N) is 1. The summed E-state index contributed by atoms with van der Waals surface area (Å²) in [4.78, 5) is 11.1. The lowest BCUT2D eigenvalue weighted by atomic mass is 9.92. The molecule has 0 radical (unpaired) electrons. The number of hydrogen-bond donors (Lipinski definition) is 2. The van der Waals surface area contributed by atoms with Crippen molar-refractivity contribution in [1.29, 1.82) is 0 Å². The zero-order valence-corrected chi connectivity index (χ0v) is 11.4. The highest BCUT2D eigenvalue weighted by atomic mass is 16.5. The minimum Gasteiger partial charge on any atom is -0.379 e. The van der Waals surface area contributed by atoms with E-state index in [1.54, 1.807) is 7.11 Å². The zero-order valence-electron chi connectivity index (χ0n) is 11.4. The molecule has 1 fully saturated rings. The molecule has 1 aromatic rings. The van der Waals surface area contributed by atoms with Gasteiger partial charge in [-0.1, -0.05) is 31.0 Å². The van der Waals surface area contributed by atoms with Gasteiger partial charge < -0.3 is 15.8 Å². The van der Waals surface area contributed by atoms with Gasteiger partial charge in [-0.3, -0.25) is 4.79 Å². The number of benzene rings is 1. The number of amides is 1. The van der Waals surface area contributed by atoms with E-state index in [9.17, 15) is 4.79 Å². The van der Waals surface area contributed by atoms with Gasteiger partial charge in [0.2, 0.25) is 5.91 Å². The van der Waals surface area contributed by atoms with Crippen LogP contribution in [0.1, 0.15) is 31.2 Å². The molecule has 0 aliphatic heterocycles. The number of methoxy groups -OCH3 is 1. The fourth-order valence-electron chi connectivity index (χ4n) is 2.75. The lowest BCUT2D eigenvalue weighted by Crippen LogP contribution is -2.38. The first-order chi connectivity index (χ1) is 9.20. The van der Waals surface area contributed by atoms with Gasteiger partial charge in [-0.25, -0.2) is 0 Å². The molecule has 4 nitrogen and oxygen atoms in total. The van der Waals surface area contributed by atoms with E-state index in [1.807, 2.05) is 24.3 Å². The first-order valence-electron chi connectivity index (χ1n) is 6.86. The molecule has 1 saturated carbocycles. The summed E-state index contributed by atoms with van der Waals surface area (Å²) in [5.41, 5.74) is 7.24. The molecule has 4 heteroatoms. The molecule has 104 valence electrons. The Hall–Kier alpha value is -1.55. The summed E-state index contributed by atoms with van der Waals surface area (Å²) in [6.07, 6.45) is 5.15. The third-order valence-electron chi connectivity index (χ3n) is 3.73. The Bertz CT molecular complexity index is 434. The molecular weight excluding hydrogens is 240 g/mol. The third kappa shape index (κ3) is 3.70. The fourth-order valence-corrected chi connectivity index (χ4v) is 2.75. The molecular formula is C15H22N2O2. The minimum absolute atomic E-state index is 0.246. The Kier molecular flexibility index (Phi) is 4.80. The van der Waals surface area contributed by atoms with Crippen LogP contribution in [0.3, 0.4) is 0 Å². The molecule has 0 saturated heterocycles. The maximum absolute atomic E-state index is 11.1. The average molecular weight is 262 g/mol. The highest BCUT2D eigenvalue weighted by molar-refractivity contribution is 5.78. The van der Waals surface area contributed by atoms with Gasteiger partial charge >= 0.3 is 0 Å². The molecule has 2 atom stereocenters. The summed E-state index contributed by atoms with van der Waals surface area (Å²) in [5, 5.41) is 3.52. The van der Waals surface area contributed by atoms with Crippen LogP contribution in [0.2, 0.25) is 0 Å². The Labute approximate surface area is 114 Å². The van der Waals surface area contributed by atoms with Crippen molar-refractivity contribution >= 4 is 11.6 Å². The number of anilines is 1. The average Bonchev–Trinajstić information content (AvgIpc) is 2.41. The van der Waals surface area contributed by atoms with Crippen molar-refractivity contribution in [3.63, 3.8) is 0 Å². The van der Waals surface area contributed by atoms with Crippen molar-refractivity contribution in [1.82, 2.24) is 0 Å². The van der Waals surface area contributed by atoms with Crippen LogP contribution in [0.15, 0.2) is 24.3 Å². The van der Waals surface area contributed by atoms with Gasteiger partial charge in [0.25, 0.3) is 0 Å². The van der Waals surface area contributed by atoms with E-state index < -0.39 is 0 Å². The smallest absolute Gasteiger partial charge is 0.221 e. The normalized spacial score (nSPS) is 23.0. The fraction of sp³-hybridized carbons (Fsp3) is 0.533. The van der Waals surface area contributed by atoms with Gasteiger partial charge in [-0.2, -0.15) is 0 Å². The van der Waals surface area contributed by atoms with Crippen molar-refractivity contribution in [3.05, 3.63) is 29.8 Å². The molecule has 2 unspecified atom stereocenters. The van der Waals surface area contributed by atoms with Crippen molar-refractivity contribution in [2.75, 3.05) is 12.4 Å². The zero-order chi connectivity index (χ0) is 13.7. The third-order valence-corrected chi connectivity index (χ3v) is 3.73. The van der Waals surface area contributed by atoms with E-state index in [4.69, 9.17) is 10.5 Å². The van der Waals surface area contributed by atoms with E-state index in [-0.39, 0.29) is 18.4 Å². The van der Waals surface area contributed by atoms with Gasteiger partial charge in [0, 0.05) is 12.8 Å². The summed E-state index contributed by atoms with van der Waals surface area (Å²) in [7, 11) is 1.76. The lowest BCUT2D eigenvalue weighted by Gasteiger charge is -2.32. The van der Waals surface area contributed by atoms with Crippen LogP contribution in [0.5, 0.6) is 0 Å². The molecule has 0 heterocycles. The summed E-state index contributed by atoms with van der Waals surface area (Å²) in [6.45, 7) is 0. The Morgan fingerprint density at radius 3 is 2.84 bits per heavy atom. The van der Waals surface area contributed by atoms with Crippen molar-refractivity contribution in [2.45, 2.75) is 44.2 Å². The van der Waals surface area contributed by atoms with Crippen molar-refractivity contribution in [2.24, 2.45) is 5.73 Å². The summed E-state index contributed by atoms with van der Waals surface area (Å²) in [5.74, 6) is -0.304. The number of primary amides is 1. The van der Waals surface area contributed by atoms with Gasteiger partial charge in [0.05, 0.1) is 18.6 Å². The minimum atomic E-state index is -0.304. The lowest BCUT2D eigenvalue weighted by molar-refractivity contribution is -0.117. The molecule has 0 bridgehead atoms. The highest BCUT2D eigenvalue weighted by Crippen LogP contribution is 2.26. The van der Waals surface area contributed by atoms with Crippen LogP contribution in [0.4, 0.5) is 5.69 Å². The van der Waals surface area contributed by atoms with Crippen LogP contribution >= 0.6 is 0 Å². The number of carbonyl (C=O) groups excluding carboxylic acids is 1. The Morgan fingerprint density at radius 2 is 2.11 bits per heavy atom. The summed E-state index contributed by atoms with van der Waals surface area (Å²) < 4.78 is 5.54. The van der Waals surface area contributed by atoms with E-state index in [0.29, 0.717) is 6.04 Å². The van der Waals surface area contributed by atoms with Gasteiger partial charge in [-0.15, -0.1) is 0 Å². The van der Waals surface area contributed by atoms with Crippen LogP contribution in [-0.4, -0.2) is 25.2 Å². The SMILES string of the molecule is COC1CCCCC1Nc1ccccc1CC(N)=O. The number of rotatable bonds is 5.